The van der Waals surface area contributed by atoms with Crippen LogP contribution in [0.2, 0.25) is 0 Å². The van der Waals surface area contributed by atoms with Gasteiger partial charge in [0.25, 0.3) is 5.91 Å². The maximum atomic E-state index is 12.4. The first kappa shape index (κ1) is 15.5. The van der Waals surface area contributed by atoms with Gasteiger partial charge in [0, 0.05) is 39.3 Å². The van der Waals surface area contributed by atoms with Crippen LogP contribution in [0.3, 0.4) is 0 Å². The number of nitrogens with one attached hydrogen (secondary N) is 1. The molecule has 0 saturated carbocycles. The predicted molar refractivity (Wildman–Crippen MR) is 80.8 cm³/mol. The fraction of sp³-hybridized carbons (Fsp3) is 0.533. The molecule has 3 heterocycles. The van der Waals surface area contributed by atoms with Gasteiger partial charge in [-0.05, 0) is 19.1 Å². The van der Waals surface area contributed by atoms with Crippen molar-refractivity contribution in [2.45, 2.75) is 13.0 Å². The van der Waals surface area contributed by atoms with Gasteiger partial charge in [-0.15, -0.1) is 0 Å². The van der Waals surface area contributed by atoms with E-state index in [1.807, 2.05) is 4.90 Å². The lowest BCUT2D eigenvalue weighted by Crippen LogP contribution is -2.55. The molecule has 3 rings (SSSR count). The number of piperazine rings is 1. The topological polar surface area (TPSA) is 86.1 Å². The number of rotatable bonds is 3. The van der Waals surface area contributed by atoms with Gasteiger partial charge in [-0.2, -0.15) is 0 Å². The van der Waals surface area contributed by atoms with Crippen LogP contribution < -0.4 is 5.32 Å². The van der Waals surface area contributed by atoms with Crippen molar-refractivity contribution in [3.63, 3.8) is 0 Å². The number of nitrogens with zero attached hydrogens (tertiary/aromatic N) is 3. The Morgan fingerprint density at radius 3 is 2.52 bits per heavy atom. The first-order valence-corrected chi connectivity index (χ1v) is 7.74. The van der Waals surface area contributed by atoms with Gasteiger partial charge in [0.15, 0.2) is 5.76 Å². The van der Waals surface area contributed by atoms with Crippen molar-refractivity contribution in [2.75, 3.05) is 39.3 Å². The molecular formula is C15H20N4O4. The summed E-state index contributed by atoms with van der Waals surface area (Å²) >= 11 is 0. The zero-order valence-corrected chi connectivity index (χ0v) is 13.0. The first-order valence-electron chi connectivity index (χ1n) is 7.74. The largest absolute Gasteiger partial charge is 0.459 e. The van der Waals surface area contributed by atoms with Gasteiger partial charge >= 0.3 is 6.03 Å². The lowest BCUT2D eigenvalue weighted by molar-refractivity contribution is -0.133. The van der Waals surface area contributed by atoms with Crippen LogP contribution in [-0.2, 0) is 4.79 Å². The average Bonchev–Trinajstić information content (AvgIpc) is 3.24. The third-order valence-corrected chi connectivity index (χ3v) is 4.36. The summed E-state index contributed by atoms with van der Waals surface area (Å²) in [6.07, 6.45) is 1.48. The highest BCUT2D eigenvalue weighted by Crippen LogP contribution is 2.13. The van der Waals surface area contributed by atoms with Crippen molar-refractivity contribution in [3.05, 3.63) is 24.2 Å². The molecule has 2 aliphatic rings. The second-order valence-corrected chi connectivity index (χ2v) is 5.70. The summed E-state index contributed by atoms with van der Waals surface area (Å²) in [7, 11) is 0. The monoisotopic (exact) mass is 320 g/mol. The standard InChI is InChI=1S/C15H20N4O4/c1-11(13(20)19-5-4-16-15(19)22)17-6-8-18(9-7-17)14(21)12-3-2-10-23-12/h2-3,10-11H,4-9H2,1H3,(H,16,22)/t11-/m1/s1. The second kappa shape index (κ2) is 6.41. The SMILES string of the molecule is C[C@H](C(=O)N1CCNC1=O)N1CCN(C(=O)c2ccco2)CC1. The molecule has 1 aromatic rings. The van der Waals surface area contributed by atoms with Crippen LogP contribution in [0.25, 0.3) is 0 Å². The third kappa shape index (κ3) is 3.07. The van der Waals surface area contributed by atoms with Crippen LogP contribution in [0.15, 0.2) is 22.8 Å². The Balaban J connectivity index is 1.55. The molecule has 0 spiro atoms. The van der Waals surface area contributed by atoms with Crippen molar-refractivity contribution < 1.29 is 18.8 Å². The summed E-state index contributed by atoms with van der Waals surface area (Å²) in [6.45, 7) is 4.97. The van der Waals surface area contributed by atoms with E-state index in [4.69, 9.17) is 4.42 Å². The van der Waals surface area contributed by atoms with Gasteiger partial charge < -0.3 is 14.6 Å². The Morgan fingerprint density at radius 2 is 1.96 bits per heavy atom. The fourth-order valence-electron chi connectivity index (χ4n) is 2.93. The van der Waals surface area contributed by atoms with Gasteiger partial charge in [0.1, 0.15) is 0 Å². The smallest absolute Gasteiger partial charge is 0.324 e. The van der Waals surface area contributed by atoms with Gasteiger partial charge in [0.2, 0.25) is 5.91 Å². The van der Waals surface area contributed by atoms with E-state index in [-0.39, 0.29) is 23.9 Å². The number of amides is 4. The molecule has 0 unspecified atom stereocenters. The van der Waals surface area contributed by atoms with E-state index in [1.165, 1.54) is 11.2 Å². The maximum Gasteiger partial charge on any atom is 0.324 e. The first-order chi connectivity index (χ1) is 11.1. The Bertz CT molecular complexity index is 593. The third-order valence-electron chi connectivity index (χ3n) is 4.36. The molecule has 4 amide bonds. The fourth-order valence-corrected chi connectivity index (χ4v) is 2.93. The van der Waals surface area contributed by atoms with E-state index < -0.39 is 0 Å². The maximum absolute atomic E-state index is 12.4. The minimum atomic E-state index is -0.375. The van der Waals surface area contributed by atoms with Crippen LogP contribution in [-0.4, -0.2) is 77.9 Å². The van der Waals surface area contributed by atoms with E-state index in [0.29, 0.717) is 45.0 Å². The van der Waals surface area contributed by atoms with E-state index in [0.717, 1.165) is 0 Å². The molecule has 124 valence electrons. The molecule has 0 bridgehead atoms. The van der Waals surface area contributed by atoms with Crippen LogP contribution in [0.5, 0.6) is 0 Å². The highest BCUT2D eigenvalue weighted by atomic mass is 16.3. The number of carbonyl (C=O) groups is 3. The zero-order chi connectivity index (χ0) is 16.4. The summed E-state index contributed by atoms with van der Waals surface area (Å²) < 4.78 is 5.13. The zero-order valence-electron chi connectivity index (χ0n) is 13.0. The highest BCUT2D eigenvalue weighted by Gasteiger charge is 2.34. The molecule has 8 heteroatoms. The summed E-state index contributed by atoms with van der Waals surface area (Å²) in [6, 6.07) is 2.63. The van der Waals surface area contributed by atoms with Crippen LogP contribution >= 0.6 is 0 Å². The summed E-state index contributed by atoms with van der Waals surface area (Å²) in [5.41, 5.74) is 0. The highest BCUT2D eigenvalue weighted by molar-refractivity contribution is 5.98. The molecule has 0 aromatic carbocycles. The normalized spacial score (nSPS) is 20.5. The number of imide groups is 1. The van der Waals surface area contributed by atoms with Gasteiger partial charge in [0.05, 0.1) is 12.3 Å². The molecule has 2 saturated heterocycles. The van der Waals surface area contributed by atoms with E-state index in [1.54, 1.807) is 24.0 Å². The molecular weight excluding hydrogens is 300 g/mol. The number of hydrogen-bond acceptors (Lipinski definition) is 5. The summed E-state index contributed by atoms with van der Waals surface area (Å²) in [4.78, 5) is 41.2. The van der Waals surface area contributed by atoms with Crippen molar-refractivity contribution in [2.24, 2.45) is 0 Å². The number of hydrogen-bond donors (Lipinski definition) is 1. The Hall–Kier alpha value is -2.35. The van der Waals surface area contributed by atoms with Crippen molar-refractivity contribution in [1.82, 2.24) is 20.0 Å². The molecule has 23 heavy (non-hydrogen) atoms. The molecule has 8 nitrogen and oxygen atoms in total. The number of furan rings is 1. The molecule has 1 atom stereocenters. The van der Waals surface area contributed by atoms with E-state index in [2.05, 4.69) is 5.32 Å². The molecule has 2 aliphatic heterocycles. The Morgan fingerprint density at radius 1 is 1.22 bits per heavy atom. The van der Waals surface area contributed by atoms with Crippen molar-refractivity contribution in [1.29, 1.82) is 0 Å². The average molecular weight is 320 g/mol. The van der Waals surface area contributed by atoms with Crippen LogP contribution in [0, 0.1) is 0 Å². The lowest BCUT2D eigenvalue weighted by atomic mass is 10.2. The number of carbonyl (C=O) groups excluding carboxylic acids is 3. The van der Waals surface area contributed by atoms with Crippen molar-refractivity contribution in [3.8, 4) is 0 Å². The Labute approximate surface area is 134 Å². The van der Waals surface area contributed by atoms with Gasteiger partial charge in [-0.3, -0.25) is 19.4 Å². The number of urea groups is 1. The molecule has 1 N–H and O–H groups in total. The van der Waals surface area contributed by atoms with Gasteiger partial charge in [-0.25, -0.2) is 4.79 Å². The van der Waals surface area contributed by atoms with E-state index >= 15 is 0 Å². The summed E-state index contributed by atoms with van der Waals surface area (Å²) in [5, 5.41) is 2.63. The molecule has 0 radical (unpaired) electrons. The molecule has 2 fully saturated rings. The molecule has 0 aliphatic carbocycles. The second-order valence-electron chi connectivity index (χ2n) is 5.70. The van der Waals surface area contributed by atoms with Gasteiger partial charge in [-0.1, -0.05) is 0 Å². The van der Waals surface area contributed by atoms with Crippen LogP contribution in [0.1, 0.15) is 17.5 Å². The van der Waals surface area contributed by atoms with Crippen LogP contribution in [0.4, 0.5) is 4.79 Å². The quantitative estimate of drug-likeness (QED) is 0.846. The molecule has 1 aromatic heterocycles. The minimum Gasteiger partial charge on any atom is -0.459 e. The Kier molecular flexibility index (Phi) is 4.33. The minimum absolute atomic E-state index is 0.132. The predicted octanol–water partition coefficient (Wildman–Crippen LogP) is -0.0223. The lowest BCUT2D eigenvalue weighted by Gasteiger charge is -2.37. The summed E-state index contributed by atoms with van der Waals surface area (Å²) in [5.74, 6) is 0.00896. The van der Waals surface area contributed by atoms with E-state index in [9.17, 15) is 14.4 Å². The van der Waals surface area contributed by atoms with Crippen molar-refractivity contribution >= 4 is 17.8 Å².